The molecule has 3 nitrogen and oxygen atoms in total. The first-order chi connectivity index (χ1) is 6.50. The van der Waals surface area contributed by atoms with Crippen LogP contribution in [0.3, 0.4) is 0 Å². The third-order valence-electron chi connectivity index (χ3n) is 1.77. The molecule has 2 N–H and O–H groups in total. The smallest absolute Gasteiger partial charge is 0.405 e. The summed E-state index contributed by atoms with van der Waals surface area (Å²) < 4.78 is 0.869. The Kier molecular flexibility index (Phi) is 3.77. The van der Waals surface area contributed by atoms with Crippen molar-refractivity contribution in [2.24, 2.45) is 0 Å². The van der Waals surface area contributed by atoms with Gasteiger partial charge in [0.2, 0.25) is 0 Å². The SMILES string of the molecule is C[C@@H](NC(=O)O)c1ccc(Br)cc1Cl. The molecule has 0 radical (unpaired) electrons. The molecule has 5 heteroatoms. The van der Waals surface area contributed by atoms with Crippen LogP contribution in [0.5, 0.6) is 0 Å². The van der Waals surface area contributed by atoms with E-state index in [-0.39, 0.29) is 6.04 Å². The number of nitrogens with one attached hydrogen (secondary N) is 1. The van der Waals surface area contributed by atoms with E-state index in [1.807, 2.05) is 6.07 Å². The summed E-state index contributed by atoms with van der Waals surface area (Å²) in [6.45, 7) is 1.74. The topological polar surface area (TPSA) is 49.3 Å². The van der Waals surface area contributed by atoms with Gasteiger partial charge in [-0.05, 0) is 24.6 Å². The van der Waals surface area contributed by atoms with E-state index in [9.17, 15) is 4.79 Å². The maximum atomic E-state index is 10.4. The van der Waals surface area contributed by atoms with Gasteiger partial charge in [-0.3, -0.25) is 0 Å². The minimum absolute atomic E-state index is 0.312. The van der Waals surface area contributed by atoms with E-state index in [0.717, 1.165) is 10.0 Å². The fourth-order valence-electron chi connectivity index (χ4n) is 1.12. The third kappa shape index (κ3) is 2.89. The van der Waals surface area contributed by atoms with Crippen molar-refractivity contribution in [3.63, 3.8) is 0 Å². The van der Waals surface area contributed by atoms with Gasteiger partial charge in [0.05, 0.1) is 6.04 Å². The van der Waals surface area contributed by atoms with Gasteiger partial charge in [0.25, 0.3) is 0 Å². The molecule has 1 aromatic carbocycles. The Morgan fingerprint density at radius 2 is 2.29 bits per heavy atom. The summed E-state index contributed by atoms with van der Waals surface area (Å²) in [5.41, 5.74) is 0.761. The highest BCUT2D eigenvalue weighted by Gasteiger charge is 2.11. The Morgan fingerprint density at radius 1 is 1.64 bits per heavy atom. The maximum Gasteiger partial charge on any atom is 0.405 e. The Balaban J connectivity index is 2.90. The number of carboxylic acid groups (broad SMARTS) is 1. The number of hydrogen-bond donors (Lipinski definition) is 2. The van der Waals surface area contributed by atoms with Crippen LogP contribution >= 0.6 is 27.5 Å². The monoisotopic (exact) mass is 277 g/mol. The van der Waals surface area contributed by atoms with Gasteiger partial charge in [-0.15, -0.1) is 0 Å². The molecule has 1 atom stereocenters. The average Bonchev–Trinajstić information content (AvgIpc) is 2.01. The normalized spacial score (nSPS) is 12.2. The summed E-state index contributed by atoms with van der Waals surface area (Å²) in [5.74, 6) is 0. The molecular weight excluding hydrogens is 269 g/mol. The molecule has 1 amide bonds. The molecule has 0 aliphatic carbocycles. The quantitative estimate of drug-likeness (QED) is 0.871. The molecule has 0 heterocycles. The van der Waals surface area contributed by atoms with Crippen LogP contribution in [-0.2, 0) is 0 Å². The standard InChI is InChI=1S/C9H9BrClNO2/c1-5(12-9(13)14)7-3-2-6(10)4-8(7)11/h2-5,12H,1H3,(H,13,14)/t5-/m1/s1. The first-order valence-corrected chi connectivity index (χ1v) is 5.12. The predicted octanol–water partition coefficient (Wildman–Crippen LogP) is 3.43. The van der Waals surface area contributed by atoms with Crippen molar-refractivity contribution in [2.75, 3.05) is 0 Å². The summed E-state index contributed by atoms with van der Waals surface area (Å²) in [4.78, 5) is 10.4. The molecule has 0 aromatic heterocycles. The van der Waals surface area contributed by atoms with Crippen molar-refractivity contribution in [3.05, 3.63) is 33.3 Å². The largest absolute Gasteiger partial charge is 0.465 e. The van der Waals surface area contributed by atoms with Crippen LogP contribution in [0.2, 0.25) is 5.02 Å². The fourth-order valence-corrected chi connectivity index (χ4v) is 1.95. The van der Waals surface area contributed by atoms with Crippen molar-refractivity contribution in [2.45, 2.75) is 13.0 Å². The fraction of sp³-hybridized carbons (Fsp3) is 0.222. The molecule has 1 aromatic rings. The van der Waals surface area contributed by atoms with Crippen LogP contribution in [-0.4, -0.2) is 11.2 Å². The zero-order valence-electron chi connectivity index (χ0n) is 7.42. The van der Waals surface area contributed by atoms with Gasteiger partial charge in [-0.25, -0.2) is 4.79 Å². The zero-order chi connectivity index (χ0) is 10.7. The number of benzene rings is 1. The highest BCUT2D eigenvalue weighted by Crippen LogP contribution is 2.26. The number of carbonyl (C=O) groups is 1. The van der Waals surface area contributed by atoms with E-state index < -0.39 is 6.09 Å². The molecule has 0 aliphatic rings. The van der Waals surface area contributed by atoms with Crippen molar-refractivity contribution in [3.8, 4) is 0 Å². The highest BCUT2D eigenvalue weighted by atomic mass is 79.9. The molecule has 1 rings (SSSR count). The summed E-state index contributed by atoms with van der Waals surface area (Å²) in [6, 6.07) is 5.03. The molecule has 76 valence electrons. The average molecular weight is 279 g/mol. The van der Waals surface area contributed by atoms with Crippen molar-refractivity contribution in [1.82, 2.24) is 5.32 Å². The van der Waals surface area contributed by atoms with Gasteiger partial charge in [-0.2, -0.15) is 0 Å². The lowest BCUT2D eigenvalue weighted by molar-refractivity contribution is 0.191. The van der Waals surface area contributed by atoms with Gasteiger partial charge in [0.15, 0.2) is 0 Å². The summed E-state index contributed by atoms with van der Waals surface area (Å²) in [7, 11) is 0. The molecule has 0 spiro atoms. The summed E-state index contributed by atoms with van der Waals surface area (Å²) in [5, 5.41) is 11.4. The van der Waals surface area contributed by atoms with Crippen LogP contribution in [0.15, 0.2) is 22.7 Å². The van der Waals surface area contributed by atoms with Gasteiger partial charge in [0, 0.05) is 9.50 Å². The predicted molar refractivity (Wildman–Crippen MR) is 58.7 cm³/mol. The molecule has 0 aliphatic heterocycles. The van der Waals surface area contributed by atoms with Gasteiger partial charge >= 0.3 is 6.09 Å². The lowest BCUT2D eigenvalue weighted by Crippen LogP contribution is -2.24. The van der Waals surface area contributed by atoms with E-state index in [0.29, 0.717) is 5.02 Å². The molecule has 0 saturated heterocycles. The second kappa shape index (κ2) is 4.66. The van der Waals surface area contributed by atoms with Gasteiger partial charge in [0.1, 0.15) is 0 Å². The number of amides is 1. The molecule has 0 saturated carbocycles. The summed E-state index contributed by atoms with van der Waals surface area (Å²) in [6.07, 6.45) is -1.06. The lowest BCUT2D eigenvalue weighted by atomic mass is 10.1. The van der Waals surface area contributed by atoms with Crippen LogP contribution in [0, 0.1) is 0 Å². The van der Waals surface area contributed by atoms with E-state index in [2.05, 4.69) is 21.2 Å². The number of hydrogen-bond acceptors (Lipinski definition) is 1. The van der Waals surface area contributed by atoms with Gasteiger partial charge < -0.3 is 10.4 Å². The first-order valence-electron chi connectivity index (χ1n) is 3.95. The molecule has 14 heavy (non-hydrogen) atoms. The zero-order valence-corrected chi connectivity index (χ0v) is 9.76. The molecule has 0 fully saturated rings. The molecule has 0 unspecified atom stereocenters. The number of halogens is 2. The van der Waals surface area contributed by atoms with Crippen LogP contribution in [0.25, 0.3) is 0 Å². The minimum atomic E-state index is -1.06. The van der Waals surface area contributed by atoms with Crippen LogP contribution in [0.4, 0.5) is 4.79 Å². The van der Waals surface area contributed by atoms with Crippen LogP contribution in [0.1, 0.15) is 18.5 Å². The van der Waals surface area contributed by atoms with Gasteiger partial charge in [-0.1, -0.05) is 33.6 Å². The number of rotatable bonds is 2. The second-order valence-corrected chi connectivity index (χ2v) is 4.16. The first kappa shape index (κ1) is 11.3. The van der Waals surface area contributed by atoms with Crippen LogP contribution < -0.4 is 5.32 Å². The van der Waals surface area contributed by atoms with E-state index >= 15 is 0 Å². The lowest BCUT2D eigenvalue weighted by Gasteiger charge is -2.13. The van der Waals surface area contributed by atoms with Crippen molar-refractivity contribution < 1.29 is 9.90 Å². The van der Waals surface area contributed by atoms with E-state index in [1.54, 1.807) is 19.1 Å². The third-order valence-corrected chi connectivity index (χ3v) is 2.59. The Labute approximate surface area is 95.2 Å². The van der Waals surface area contributed by atoms with Crippen molar-refractivity contribution in [1.29, 1.82) is 0 Å². The van der Waals surface area contributed by atoms with E-state index in [1.165, 1.54) is 0 Å². The minimum Gasteiger partial charge on any atom is -0.465 e. The highest BCUT2D eigenvalue weighted by molar-refractivity contribution is 9.10. The Hall–Kier alpha value is -0.740. The van der Waals surface area contributed by atoms with Crippen molar-refractivity contribution >= 4 is 33.6 Å². The Bertz CT molecular complexity index is 357. The Morgan fingerprint density at radius 3 is 2.79 bits per heavy atom. The summed E-state index contributed by atoms with van der Waals surface area (Å²) >= 11 is 9.22. The second-order valence-electron chi connectivity index (χ2n) is 2.84. The molecule has 0 bridgehead atoms. The van der Waals surface area contributed by atoms with E-state index in [4.69, 9.17) is 16.7 Å². The molecular formula is C9H9BrClNO2. The maximum absolute atomic E-state index is 10.4.